The number of ether oxygens (including phenoxy) is 1. The van der Waals surface area contributed by atoms with E-state index >= 15 is 0 Å². The molecule has 0 radical (unpaired) electrons. The number of hydrogen-bond donors (Lipinski definition) is 1. The Kier molecular flexibility index (Phi) is 6.09. The zero-order valence-electron chi connectivity index (χ0n) is 11.7. The first-order chi connectivity index (χ1) is 9.06. The van der Waals surface area contributed by atoms with E-state index in [0.717, 1.165) is 17.9 Å². The van der Waals surface area contributed by atoms with Crippen LogP contribution in [0.15, 0.2) is 35.9 Å². The molecule has 0 aliphatic carbocycles. The Hall–Kier alpha value is -1.81. The topological polar surface area (TPSA) is 49.8 Å². The summed E-state index contributed by atoms with van der Waals surface area (Å²) in [4.78, 5) is 12.9. The van der Waals surface area contributed by atoms with E-state index in [2.05, 4.69) is 4.90 Å². The summed E-state index contributed by atoms with van der Waals surface area (Å²) < 4.78 is 5.18. The predicted octanol–water partition coefficient (Wildman–Crippen LogP) is 2.55. The number of hydrogen-bond acceptors (Lipinski definition) is 3. The highest BCUT2D eigenvalue weighted by atomic mass is 16.5. The highest BCUT2D eigenvalue weighted by Gasteiger charge is 2.05. The number of carbonyl (C=O) groups is 1. The lowest BCUT2D eigenvalue weighted by atomic mass is 10.2. The van der Waals surface area contributed by atoms with Crippen molar-refractivity contribution in [2.75, 3.05) is 20.7 Å². The molecule has 0 saturated carbocycles. The van der Waals surface area contributed by atoms with Gasteiger partial charge >= 0.3 is 5.97 Å². The monoisotopic (exact) mass is 263 g/mol. The van der Waals surface area contributed by atoms with Crippen LogP contribution in [0.4, 0.5) is 0 Å². The van der Waals surface area contributed by atoms with Crippen LogP contribution < -0.4 is 4.74 Å². The van der Waals surface area contributed by atoms with Crippen molar-refractivity contribution in [3.8, 4) is 5.75 Å². The number of methoxy groups -OCH3 is 1. The minimum absolute atomic E-state index is 0.456. The van der Waals surface area contributed by atoms with Crippen molar-refractivity contribution in [3.63, 3.8) is 0 Å². The summed E-state index contributed by atoms with van der Waals surface area (Å²) in [5, 5.41) is 8.94. The van der Waals surface area contributed by atoms with Crippen LogP contribution in [0.25, 0.3) is 0 Å². The molecule has 0 spiro atoms. The number of likely N-dealkylation sites (N-methyl/N-ethyl adjacent to an activating group) is 1. The molecule has 0 unspecified atom stereocenters. The molecule has 0 amide bonds. The zero-order chi connectivity index (χ0) is 14.3. The number of carboxylic acids is 1. The number of benzene rings is 1. The minimum atomic E-state index is -0.836. The average Bonchev–Trinajstić information content (AvgIpc) is 2.39. The largest absolute Gasteiger partial charge is 0.497 e. The molecule has 0 aromatic heterocycles. The van der Waals surface area contributed by atoms with Gasteiger partial charge in [-0.2, -0.15) is 0 Å². The van der Waals surface area contributed by atoms with Crippen LogP contribution in [0.2, 0.25) is 0 Å². The van der Waals surface area contributed by atoms with Crippen molar-refractivity contribution >= 4 is 5.97 Å². The molecule has 0 heterocycles. The normalized spacial score (nSPS) is 11.7. The predicted molar refractivity (Wildman–Crippen MR) is 75.3 cm³/mol. The molecule has 1 aromatic carbocycles. The quantitative estimate of drug-likeness (QED) is 0.768. The first kappa shape index (κ1) is 15.2. The Labute approximate surface area is 114 Å². The second kappa shape index (κ2) is 7.59. The third-order valence-corrected chi connectivity index (χ3v) is 2.89. The Bertz CT molecular complexity index is 454. The summed E-state index contributed by atoms with van der Waals surface area (Å²) in [6, 6.07) is 7.87. The zero-order valence-corrected chi connectivity index (χ0v) is 11.7. The van der Waals surface area contributed by atoms with Gasteiger partial charge in [0, 0.05) is 18.7 Å². The first-order valence-corrected chi connectivity index (χ1v) is 6.30. The minimum Gasteiger partial charge on any atom is -0.497 e. The molecule has 0 aliphatic rings. The molecule has 1 aromatic rings. The number of nitrogens with zero attached hydrogens (tertiary/aromatic N) is 1. The Morgan fingerprint density at radius 3 is 2.79 bits per heavy atom. The summed E-state index contributed by atoms with van der Waals surface area (Å²) in [6.45, 7) is 3.22. The molecule has 0 atom stereocenters. The fourth-order valence-electron chi connectivity index (χ4n) is 1.80. The lowest BCUT2D eigenvalue weighted by Gasteiger charge is -2.15. The van der Waals surface area contributed by atoms with E-state index in [9.17, 15) is 4.79 Å². The third-order valence-electron chi connectivity index (χ3n) is 2.89. The maximum atomic E-state index is 10.9. The molecule has 4 nitrogen and oxygen atoms in total. The van der Waals surface area contributed by atoms with Crippen molar-refractivity contribution in [2.24, 2.45) is 0 Å². The highest BCUT2D eigenvalue weighted by Crippen LogP contribution is 2.14. The fraction of sp³-hybridized carbons (Fsp3) is 0.400. The molecular formula is C15H21NO3. The van der Waals surface area contributed by atoms with Crippen LogP contribution in [0.3, 0.4) is 0 Å². The standard InChI is InChI=1S/C15H21NO3/c1-4-13(15(17)18)8-9-16(2)11-12-6-5-7-14(10-12)19-3/h5-8,10H,4,9,11H2,1-3H3,(H,17,18). The third kappa shape index (κ3) is 5.14. The van der Waals surface area contributed by atoms with E-state index < -0.39 is 5.97 Å². The second-order valence-corrected chi connectivity index (χ2v) is 4.44. The molecule has 0 bridgehead atoms. The van der Waals surface area contributed by atoms with Gasteiger partial charge in [0.05, 0.1) is 7.11 Å². The number of rotatable bonds is 7. The summed E-state index contributed by atoms with van der Waals surface area (Å²) >= 11 is 0. The summed E-state index contributed by atoms with van der Waals surface area (Å²) in [5.41, 5.74) is 1.60. The maximum absolute atomic E-state index is 10.9. The summed E-state index contributed by atoms with van der Waals surface area (Å²) in [6.07, 6.45) is 2.31. The lowest BCUT2D eigenvalue weighted by Crippen LogP contribution is -2.18. The molecule has 1 N–H and O–H groups in total. The molecule has 0 fully saturated rings. The fourth-order valence-corrected chi connectivity index (χ4v) is 1.80. The van der Waals surface area contributed by atoms with Crippen molar-refractivity contribution in [3.05, 3.63) is 41.5 Å². The van der Waals surface area contributed by atoms with Gasteiger partial charge in [-0.15, -0.1) is 0 Å². The smallest absolute Gasteiger partial charge is 0.331 e. The van der Waals surface area contributed by atoms with Crippen molar-refractivity contribution in [2.45, 2.75) is 19.9 Å². The van der Waals surface area contributed by atoms with Gasteiger partial charge in [0.15, 0.2) is 0 Å². The van der Waals surface area contributed by atoms with Crippen LogP contribution >= 0.6 is 0 Å². The van der Waals surface area contributed by atoms with E-state index in [-0.39, 0.29) is 0 Å². The van der Waals surface area contributed by atoms with E-state index in [0.29, 0.717) is 18.5 Å². The Morgan fingerprint density at radius 2 is 2.21 bits per heavy atom. The highest BCUT2D eigenvalue weighted by molar-refractivity contribution is 5.86. The van der Waals surface area contributed by atoms with E-state index in [4.69, 9.17) is 9.84 Å². The van der Waals surface area contributed by atoms with Crippen LogP contribution in [0, 0.1) is 0 Å². The van der Waals surface area contributed by atoms with E-state index in [1.807, 2.05) is 38.2 Å². The van der Waals surface area contributed by atoms with E-state index in [1.54, 1.807) is 13.2 Å². The lowest BCUT2D eigenvalue weighted by molar-refractivity contribution is -0.132. The Balaban J connectivity index is 2.59. The van der Waals surface area contributed by atoms with Gasteiger partial charge in [-0.1, -0.05) is 25.1 Å². The van der Waals surface area contributed by atoms with Crippen molar-refractivity contribution in [1.29, 1.82) is 0 Å². The summed E-state index contributed by atoms with van der Waals surface area (Å²) in [5.74, 6) is -0.00138. The van der Waals surface area contributed by atoms with Gasteiger partial charge in [-0.3, -0.25) is 4.90 Å². The van der Waals surface area contributed by atoms with Crippen LogP contribution in [0.1, 0.15) is 18.9 Å². The van der Waals surface area contributed by atoms with Crippen molar-refractivity contribution < 1.29 is 14.6 Å². The van der Waals surface area contributed by atoms with Crippen LogP contribution in [-0.4, -0.2) is 36.7 Å². The Morgan fingerprint density at radius 1 is 1.47 bits per heavy atom. The number of aliphatic carboxylic acids is 1. The SMILES string of the molecule is CCC(=CCN(C)Cc1cccc(OC)c1)C(=O)O. The van der Waals surface area contributed by atoms with Gasteiger partial charge < -0.3 is 9.84 Å². The molecule has 4 heteroatoms. The van der Waals surface area contributed by atoms with Gasteiger partial charge in [0.25, 0.3) is 0 Å². The molecule has 0 aliphatic heterocycles. The summed E-state index contributed by atoms with van der Waals surface area (Å²) in [7, 11) is 3.61. The van der Waals surface area contributed by atoms with Crippen LogP contribution in [-0.2, 0) is 11.3 Å². The van der Waals surface area contributed by atoms with E-state index in [1.165, 1.54) is 0 Å². The average molecular weight is 263 g/mol. The van der Waals surface area contributed by atoms with Gasteiger partial charge in [0.1, 0.15) is 5.75 Å². The molecule has 104 valence electrons. The number of carboxylic acid groups (broad SMARTS) is 1. The molecular weight excluding hydrogens is 242 g/mol. The molecule has 19 heavy (non-hydrogen) atoms. The second-order valence-electron chi connectivity index (χ2n) is 4.44. The molecule has 0 saturated heterocycles. The van der Waals surface area contributed by atoms with Gasteiger partial charge in [0.2, 0.25) is 0 Å². The van der Waals surface area contributed by atoms with Crippen LogP contribution in [0.5, 0.6) is 5.75 Å². The van der Waals surface area contributed by atoms with Gasteiger partial charge in [-0.05, 0) is 31.2 Å². The maximum Gasteiger partial charge on any atom is 0.331 e. The molecule has 1 rings (SSSR count). The van der Waals surface area contributed by atoms with Gasteiger partial charge in [-0.25, -0.2) is 4.79 Å². The van der Waals surface area contributed by atoms with Crippen molar-refractivity contribution in [1.82, 2.24) is 4.90 Å². The first-order valence-electron chi connectivity index (χ1n) is 6.30.